The molecule has 0 fully saturated rings. The molecule has 0 unspecified atom stereocenters. The van der Waals surface area contributed by atoms with Crippen molar-refractivity contribution in [3.63, 3.8) is 0 Å². The lowest BCUT2D eigenvalue weighted by molar-refractivity contribution is -0.120. The Morgan fingerprint density at radius 2 is 2.28 bits per heavy atom. The second-order valence-electron chi connectivity index (χ2n) is 5.34. The number of aryl methyl sites for hydroxylation is 1. The first kappa shape index (κ1) is 17.1. The molecule has 0 radical (unpaired) electrons. The minimum Gasteiger partial charge on any atom is -0.467 e. The van der Waals surface area contributed by atoms with Crippen LogP contribution in [0.25, 0.3) is 12.2 Å². The Morgan fingerprint density at radius 3 is 3.00 bits per heavy atom. The Hall–Kier alpha value is -2.74. The predicted molar refractivity (Wildman–Crippen MR) is 94.6 cm³/mol. The summed E-state index contributed by atoms with van der Waals surface area (Å²) in [6.45, 7) is 4.06. The van der Waals surface area contributed by atoms with Crippen LogP contribution in [0.3, 0.4) is 0 Å². The maximum Gasteiger partial charge on any atom is 0.233 e. The van der Waals surface area contributed by atoms with Gasteiger partial charge >= 0.3 is 0 Å². The average molecular weight is 358 g/mol. The number of amides is 1. The van der Waals surface area contributed by atoms with Crippen molar-refractivity contribution < 1.29 is 13.6 Å². The van der Waals surface area contributed by atoms with Crippen molar-refractivity contribution in [2.24, 2.45) is 0 Å². The fourth-order valence-electron chi connectivity index (χ4n) is 2.03. The van der Waals surface area contributed by atoms with Gasteiger partial charge in [0.1, 0.15) is 23.1 Å². The van der Waals surface area contributed by atoms with Crippen molar-refractivity contribution in [2.75, 3.05) is 0 Å². The first-order chi connectivity index (χ1) is 12.1. The van der Waals surface area contributed by atoms with E-state index < -0.39 is 0 Å². The highest BCUT2D eigenvalue weighted by atomic mass is 32.2. The second-order valence-corrected chi connectivity index (χ2v) is 6.65. The summed E-state index contributed by atoms with van der Waals surface area (Å²) in [5, 5.41) is 9.94. The van der Waals surface area contributed by atoms with Crippen molar-refractivity contribution in [1.82, 2.24) is 20.5 Å². The number of hydrogen-bond acceptors (Lipinski definition) is 6. The zero-order chi connectivity index (χ0) is 17.6. The summed E-state index contributed by atoms with van der Waals surface area (Å²) >= 11 is 1.28. The number of furan rings is 2. The summed E-state index contributed by atoms with van der Waals surface area (Å²) in [4.78, 5) is 16.4. The predicted octanol–water partition coefficient (Wildman–Crippen LogP) is 3.27. The molecule has 0 aliphatic carbocycles. The number of aromatic amines is 1. The van der Waals surface area contributed by atoms with Crippen molar-refractivity contribution in [1.29, 1.82) is 0 Å². The van der Waals surface area contributed by atoms with E-state index in [0.29, 0.717) is 23.3 Å². The number of hydrogen-bond donors (Lipinski definition) is 2. The number of aromatic nitrogens is 3. The molecule has 3 heterocycles. The molecular formula is C17H18N4O3S. The second kappa shape index (κ2) is 7.89. The molecule has 2 N–H and O–H groups in total. The van der Waals surface area contributed by atoms with Gasteiger partial charge in [0, 0.05) is 0 Å². The maximum atomic E-state index is 12.1. The number of carbonyl (C=O) groups is 1. The van der Waals surface area contributed by atoms with E-state index in [2.05, 4.69) is 20.5 Å². The molecule has 130 valence electrons. The van der Waals surface area contributed by atoms with Gasteiger partial charge in [-0.15, -0.1) is 5.10 Å². The standard InChI is InChI=1S/C17H18N4O3S/c1-11-5-6-13(24-11)7-8-15-19-17(21-20-15)25-12(2)16(22)18-10-14-4-3-9-23-14/h3-9,12H,10H2,1-2H3,(H,18,22)(H,19,20,21)/b8-7+/t12-/m1/s1. The van der Waals surface area contributed by atoms with E-state index in [1.54, 1.807) is 25.3 Å². The van der Waals surface area contributed by atoms with E-state index >= 15 is 0 Å². The molecule has 8 heteroatoms. The van der Waals surface area contributed by atoms with Crippen molar-refractivity contribution in [3.05, 3.63) is 53.6 Å². The molecule has 0 bridgehead atoms. The van der Waals surface area contributed by atoms with Crippen LogP contribution in [0.15, 0.2) is 44.5 Å². The fourth-order valence-corrected chi connectivity index (χ4v) is 2.79. The molecule has 3 aromatic rings. The smallest absolute Gasteiger partial charge is 0.233 e. The molecule has 25 heavy (non-hydrogen) atoms. The third-order valence-corrected chi connectivity index (χ3v) is 4.28. The third-order valence-electron chi connectivity index (χ3n) is 3.32. The largest absolute Gasteiger partial charge is 0.467 e. The number of rotatable bonds is 7. The van der Waals surface area contributed by atoms with Crippen LogP contribution >= 0.6 is 11.8 Å². The number of H-pyrrole nitrogens is 1. The highest BCUT2D eigenvalue weighted by Gasteiger charge is 2.17. The Kier molecular flexibility index (Phi) is 5.39. The van der Waals surface area contributed by atoms with E-state index in [4.69, 9.17) is 8.83 Å². The molecule has 0 aromatic carbocycles. The summed E-state index contributed by atoms with van der Waals surface area (Å²) < 4.78 is 10.6. The maximum absolute atomic E-state index is 12.1. The molecule has 3 rings (SSSR count). The minimum absolute atomic E-state index is 0.102. The number of nitrogens with one attached hydrogen (secondary N) is 2. The van der Waals surface area contributed by atoms with E-state index in [1.165, 1.54) is 11.8 Å². The number of thioether (sulfide) groups is 1. The highest BCUT2D eigenvalue weighted by Crippen LogP contribution is 2.20. The van der Waals surface area contributed by atoms with Crippen LogP contribution in [-0.4, -0.2) is 26.3 Å². The minimum atomic E-state index is -0.324. The van der Waals surface area contributed by atoms with Gasteiger partial charge in [0.25, 0.3) is 0 Å². The van der Waals surface area contributed by atoms with Gasteiger partial charge in [-0.1, -0.05) is 11.8 Å². The van der Waals surface area contributed by atoms with Gasteiger partial charge < -0.3 is 14.2 Å². The Bertz CT molecular complexity index is 851. The van der Waals surface area contributed by atoms with Gasteiger partial charge in [-0.3, -0.25) is 9.89 Å². The van der Waals surface area contributed by atoms with E-state index in [0.717, 1.165) is 11.5 Å². The Morgan fingerprint density at radius 1 is 1.40 bits per heavy atom. The van der Waals surface area contributed by atoms with Crippen LogP contribution < -0.4 is 5.32 Å². The fraction of sp³-hybridized carbons (Fsp3) is 0.235. The highest BCUT2D eigenvalue weighted by molar-refractivity contribution is 8.00. The topological polar surface area (TPSA) is 97.0 Å². The molecule has 0 spiro atoms. The SMILES string of the molecule is Cc1ccc(/C=C/c2nc(S[C@H](C)C(=O)NCc3ccco3)n[nH]2)o1. The monoisotopic (exact) mass is 358 g/mol. The van der Waals surface area contributed by atoms with Crippen LogP contribution in [0.5, 0.6) is 0 Å². The molecule has 1 amide bonds. The molecule has 0 saturated carbocycles. The average Bonchev–Trinajstić information content (AvgIpc) is 3.33. The number of carbonyl (C=O) groups excluding carboxylic acids is 1. The summed E-state index contributed by atoms with van der Waals surface area (Å²) in [7, 11) is 0. The molecule has 0 aliphatic rings. The normalized spacial score (nSPS) is 12.6. The van der Waals surface area contributed by atoms with E-state index in [1.807, 2.05) is 31.2 Å². The van der Waals surface area contributed by atoms with Crippen LogP contribution in [0.1, 0.15) is 30.0 Å². The van der Waals surface area contributed by atoms with Crippen molar-refractivity contribution in [3.8, 4) is 0 Å². The molecule has 0 aliphatic heterocycles. The molecule has 3 aromatic heterocycles. The Labute approximate surface area is 148 Å². The van der Waals surface area contributed by atoms with E-state index in [9.17, 15) is 4.79 Å². The van der Waals surface area contributed by atoms with Gasteiger partial charge in [0.15, 0.2) is 0 Å². The van der Waals surface area contributed by atoms with Crippen LogP contribution in [0, 0.1) is 6.92 Å². The summed E-state index contributed by atoms with van der Waals surface area (Å²) in [5.74, 6) is 2.80. The molecule has 0 saturated heterocycles. The quantitative estimate of drug-likeness (QED) is 0.629. The van der Waals surface area contributed by atoms with Gasteiger partial charge in [0.05, 0.1) is 18.1 Å². The van der Waals surface area contributed by atoms with Gasteiger partial charge in [-0.25, -0.2) is 4.98 Å². The lowest BCUT2D eigenvalue weighted by Crippen LogP contribution is -2.30. The van der Waals surface area contributed by atoms with Gasteiger partial charge in [0.2, 0.25) is 11.1 Å². The molecular weight excluding hydrogens is 340 g/mol. The zero-order valence-corrected chi connectivity index (χ0v) is 14.7. The third kappa shape index (κ3) is 4.87. The summed E-state index contributed by atoms with van der Waals surface area (Å²) in [6, 6.07) is 7.37. The first-order valence-corrected chi connectivity index (χ1v) is 8.62. The summed E-state index contributed by atoms with van der Waals surface area (Å²) in [6.07, 6.45) is 5.16. The lowest BCUT2D eigenvalue weighted by atomic mass is 10.4. The lowest BCUT2D eigenvalue weighted by Gasteiger charge is -2.08. The van der Waals surface area contributed by atoms with Gasteiger partial charge in [-0.2, -0.15) is 0 Å². The first-order valence-electron chi connectivity index (χ1n) is 7.74. The number of nitrogens with zero attached hydrogens (tertiary/aromatic N) is 2. The van der Waals surface area contributed by atoms with Crippen LogP contribution in [-0.2, 0) is 11.3 Å². The summed E-state index contributed by atoms with van der Waals surface area (Å²) in [5.41, 5.74) is 0. The zero-order valence-electron chi connectivity index (χ0n) is 13.9. The van der Waals surface area contributed by atoms with Crippen LogP contribution in [0.4, 0.5) is 0 Å². The van der Waals surface area contributed by atoms with Crippen molar-refractivity contribution in [2.45, 2.75) is 30.8 Å². The van der Waals surface area contributed by atoms with Gasteiger partial charge in [-0.05, 0) is 50.3 Å². The van der Waals surface area contributed by atoms with Crippen molar-refractivity contribution >= 4 is 29.8 Å². The van der Waals surface area contributed by atoms with Crippen LogP contribution in [0.2, 0.25) is 0 Å². The Balaban J connectivity index is 1.51. The molecule has 1 atom stereocenters. The van der Waals surface area contributed by atoms with E-state index in [-0.39, 0.29) is 11.2 Å². The molecule has 7 nitrogen and oxygen atoms in total.